The molecule has 13 heteroatoms. The summed E-state index contributed by atoms with van der Waals surface area (Å²) < 4.78 is 42.2. The molecule has 1 atom stereocenters. The van der Waals surface area contributed by atoms with Gasteiger partial charge in [0.15, 0.2) is 0 Å². The molecule has 1 aromatic heterocycles. The molecular formula is C27H31F3N6O4. The van der Waals surface area contributed by atoms with Gasteiger partial charge in [0, 0.05) is 24.7 Å². The molecule has 1 fully saturated rings. The Hall–Kier alpha value is -3.97. The Morgan fingerprint density at radius 3 is 2.42 bits per heavy atom. The molecule has 0 aliphatic heterocycles. The highest BCUT2D eigenvalue weighted by Gasteiger charge is 2.32. The van der Waals surface area contributed by atoms with Gasteiger partial charge >= 0.3 is 12.0 Å². The lowest BCUT2D eigenvalue weighted by Crippen LogP contribution is -2.38. The Balaban J connectivity index is 1.33. The average molecular weight is 561 g/mol. The topological polar surface area (TPSA) is 134 Å². The smallest absolute Gasteiger partial charge is 0.405 e. The fourth-order valence-corrected chi connectivity index (χ4v) is 4.77. The van der Waals surface area contributed by atoms with Crippen LogP contribution < -0.4 is 20.7 Å². The van der Waals surface area contributed by atoms with Crippen molar-refractivity contribution in [2.75, 3.05) is 23.8 Å². The van der Waals surface area contributed by atoms with Crippen LogP contribution in [0.4, 0.5) is 30.6 Å². The maximum absolute atomic E-state index is 12.7. The highest BCUT2D eigenvalue weighted by atomic mass is 19.4. The van der Waals surface area contributed by atoms with Crippen LogP contribution in [0.25, 0.3) is 0 Å². The summed E-state index contributed by atoms with van der Waals surface area (Å²) in [7, 11) is 0. The van der Waals surface area contributed by atoms with Crippen LogP contribution >= 0.6 is 0 Å². The van der Waals surface area contributed by atoms with E-state index in [1.165, 1.54) is 18.2 Å². The monoisotopic (exact) mass is 560 g/mol. The highest BCUT2D eigenvalue weighted by Crippen LogP contribution is 2.30. The summed E-state index contributed by atoms with van der Waals surface area (Å²) in [5.74, 6) is -0.0348. The van der Waals surface area contributed by atoms with Crippen molar-refractivity contribution in [3.05, 3.63) is 82.0 Å². The summed E-state index contributed by atoms with van der Waals surface area (Å²) >= 11 is 0. The van der Waals surface area contributed by atoms with Crippen molar-refractivity contribution in [2.24, 2.45) is 5.92 Å². The summed E-state index contributed by atoms with van der Waals surface area (Å²) in [5, 5.41) is 30.8. The van der Waals surface area contributed by atoms with E-state index >= 15 is 0 Å². The number of halogens is 3. The summed E-state index contributed by atoms with van der Waals surface area (Å²) in [5.41, 5.74) is 0.957. The highest BCUT2D eigenvalue weighted by molar-refractivity contribution is 5.57. The van der Waals surface area contributed by atoms with Crippen molar-refractivity contribution in [1.29, 1.82) is 0 Å². The van der Waals surface area contributed by atoms with E-state index in [9.17, 15) is 28.4 Å². The molecule has 0 unspecified atom stereocenters. The van der Waals surface area contributed by atoms with Gasteiger partial charge in [-0.2, -0.15) is 4.98 Å². The van der Waals surface area contributed by atoms with Crippen molar-refractivity contribution < 1.29 is 27.9 Å². The van der Waals surface area contributed by atoms with Crippen molar-refractivity contribution in [1.82, 2.24) is 15.3 Å². The summed E-state index contributed by atoms with van der Waals surface area (Å²) in [6.45, 7) is 0.382. The Kier molecular flexibility index (Phi) is 9.72. The van der Waals surface area contributed by atoms with Crippen LogP contribution in [0.1, 0.15) is 42.9 Å². The number of aromatic nitrogens is 2. The van der Waals surface area contributed by atoms with Crippen molar-refractivity contribution >= 4 is 17.5 Å². The van der Waals surface area contributed by atoms with Crippen LogP contribution in [0.3, 0.4) is 0 Å². The molecule has 1 saturated carbocycles. The first-order valence-electron chi connectivity index (χ1n) is 13.0. The van der Waals surface area contributed by atoms with E-state index in [0.717, 1.165) is 37.4 Å². The lowest BCUT2D eigenvalue weighted by molar-refractivity contribution is -0.384. The van der Waals surface area contributed by atoms with Gasteiger partial charge in [-0.1, -0.05) is 48.5 Å². The number of aliphatic hydroxyl groups excluding tert-OH is 1. The average Bonchev–Trinajstić information content (AvgIpc) is 2.94. The van der Waals surface area contributed by atoms with Crippen molar-refractivity contribution in [2.45, 2.75) is 50.7 Å². The molecule has 214 valence electrons. The van der Waals surface area contributed by atoms with Crippen LogP contribution in [-0.2, 0) is 6.54 Å². The van der Waals surface area contributed by atoms with Gasteiger partial charge in [-0.05, 0) is 43.2 Å². The van der Waals surface area contributed by atoms with E-state index in [4.69, 9.17) is 0 Å². The second-order valence-corrected chi connectivity index (χ2v) is 9.60. The number of aliphatic hydroxyl groups is 1. The first-order chi connectivity index (χ1) is 19.2. The fourth-order valence-electron chi connectivity index (χ4n) is 4.77. The number of anilines is 2. The summed E-state index contributed by atoms with van der Waals surface area (Å²) in [6, 6.07) is 15.6. The Morgan fingerprint density at radius 2 is 1.75 bits per heavy atom. The molecule has 0 spiro atoms. The van der Waals surface area contributed by atoms with E-state index < -0.39 is 11.3 Å². The largest absolute Gasteiger partial charge is 0.573 e. The minimum absolute atomic E-state index is 0.000182. The van der Waals surface area contributed by atoms with Gasteiger partial charge in [0.05, 0.1) is 17.6 Å². The number of rotatable bonds is 12. The zero-order valence-electron chi connectivity index (χ0n) is 21.6. The van der Waals surface area contributed by atoms with Crippen LogP contribution in [-0.4, -0.2) is 45.6 Å². The molecule has 0 amide bonds. The molecule has 3 aromatic rings. The zero-order valence-corrected chi connectivity index (χ0v) is 21.6. The SMILES string of the molecule is O=[N+]([O-])c1cnc(NCc2ccccc2OC(F)(F)F)nc1NCC1CCC(N[C@H](CO)c2ccccc2)CC1. The molecule has 2 aromatic carbocycles. The number of alkyl halides is 3. The standard InChI is InChI=1S/C27H31F3N6O4/c28-27(29,30)40-24-9-5-4-8-20(24)15-32-26-33-16-23(36(38)39)25(35-26)31-14-18-10-12-21(13-11-18)34-22(17-37)19-6-2-1-3-7-19/h1-9,16,18,21-22,34,37H,10-15,17H2,(H2,31,32,33,35)/t18?,21?,22-/m1/s1. The first kappa shape index (κ1) is 29.0. The van der Waals surface area contributed by atoms with Gasteiger partial charge in [-0.25, -0.2) is 4.98 Å². The minimum Gasteiger partial charge on any atom is -0.405 e. The zero-order chi connectivity index (χ0) is 28.5. The normalized spacial score (nSPS) is 18.1. The molecule has 10 nitrogen and oxygen atoms in total. The molecule has 4 rings (SSSR count). The summed E-state index contributed by atoms with van der Waals surface area (Å²) in [4.78, 5) is 19.1. The van der Waals surface area contributed by atoms with Gasteiger partial charge in [0.25, 0.3) is 0 Å². The molecule has 4 N–H and O–H groups in total. The molecule has 1 aliphatic rings. The fraction of sp³-hybridized carbons (Fsp3) is 0.407. The lowest BCUT2D eigenvalue weighted by atomic mass is 9.85. The number of hydrogen-bond acceptors (Lipinski definition) is 9. The quantitative estimate of drug-likeness (QED) is 0.174. The second-order valence-electron chi connectivity index (χ2n) is 9.60. The van der Waals surface area contributed by atoms with Crippen LogP contribution in [0.15, 0.2) is 60.8 Å². The predicted octanol–water partition coefficient (Wildman–Crippen LogP) is 5.19. The Morgan fingerprint density at radius 1 is 1.05 bits per heavy atom. The van der Waals surface area contributed by atoms with Gasteiger partial charge in [0.2, 0.25) is 11.8 Å². The lowest BCUT2D eigenvalue weighted by Gasteiger charge is -2.32. The number of nitrogens with zero attached hydrogens (tertiary/aromatic N) is 3. The van der Waals surface area contributed by atoms with Gasteiger partial charge in [-0.15, -0.1) is 13.2 Å². The maximum Gasteiger partial charge on any atom is 0.573 e. The maximum atomic E-state index is 12.7. The molecule has 1 aliphatic carbocycles. The molecular weight excluding hydrogens is 529 g/mol. The number of hydrogen-bond donors (Lipinski definition) is 4. The third-order valence-electron chi connectivity index (χ3n) is 6.83. The third-order valence-corrected chi connectivity index (χ3v) is 6.83. The number of ether oxygens (including phenoxy) is 1. The number of nitrogens with one attached hydrogen (secondary N) is 3. The van der Waals surface area contributed by atoms with E-state index in [1.54, 1.807) is 6.07 Å². The summed E-state index contributed by atoms with van der Waals surface area (Å²) in [6.07, 6.45) is -0.208. The van der Waals surface area contributed by atoms with Crippen molar-refractivity contribution in [3.63, 3.8) is 0 Å². The number of benzene rings is 2. The number of nitro groups is 1. The first-order valence-corrected chi connectivity index (χ1v) is 13.0. The molecule has 0 bridgehead atoms. The van der Waals surface area contributed by atoms with Crippen LogP contribution in [0, 0.1) is 16.0 Å². The van der Waals surface area contributed by atoms with E-state index in [2.05, 4.69) is 30.7 Å². The van der Waals surface area contributed by atoms with Crippen LogP contribution in [0.5, 0.6) is 5.75 Å². The van der Waals surface area contributed by atoms with E-state index in [-0.39, 0.29) is 59.9 Å². The van der Waals surface area contributed by atoms with Crippen molar-refractivity contribution in [3.8, 4) is 5.75 Å². The molecule has 0 radical (unpaired) electrons. The molecule has 40 heavy (non-hydrogen) atoms. The van der Waals surface area contributed by atoms with Gasteiger partial charge in [0.1, 0.15) is 11.9 Å². The second kappa shape index (κ2) is 13.4. The molecule has 0 saturated heterocycles. The van der Waals surface area contributed by atoms with Crippen LogP contribution in [0.2, 0.25) is 0 Å². The van der Waals surface area contributed by atoms with Gasteiger partial charge < -0.3 is 25.8 Å². The van der Waals surface area contributed by atoms with E-state index in [1.807, 2.05) is 30.3 Å². The predicted molar refractivity (Wildman–Crippen MR) is 143 cm³/mol. The van der Waals surface area contributed by atoms with Gasteiger partial charge in [-0.3, -0.25) is 10.1 Å². The Labute approximate surface area is 229 Å². The minimum atomic E-state index is -4.84. The van der Waals surface area contributed by atoms with E-state index in [0.29, 0.717) is 6.54 Å². The number of para-hydroxylation sites is 1. The Bertz CT molecular complexity index is 1260. The molecule has 1 heterocycles. The third kappa shape index (κ3) is 8.26.